The summed E-state index contributed by atoms with van der Waals surface area (Å²) in [6.45, 7) is 2.58. The van der Waals surface area contributed by atoms with Crippen LogP contribution in [0.1, 0.15) is 13.3 Å². The summed E-state index contributed by atoms with van der Waals surface area (Å²) in [5, 5.41) is 0. The molecular formula is C7H12O3. The van der Waals surface area contributed by atoms with E-state index >= 15 is 0 Å². The van der Waals surface area contributed by atoms with Crippen molar-refractivity contribution < 1.29 is 14.3 Å². The van der Waals surface area contributed by atoms with Gasteiger partial charge in [-0.05, 0) is 13.3 Å². The Morgan fingerprint density at radius 2 is 2.40 bits per heavy atom. The molecule has 0 aromatic rings. The summed E-state index contributed by atoms with van der Waals surface area (Å²) in [6.07, 6.45) is 0.834. The van der Waals surface area contributed by atoms with Crippen LogP contribution in [0.2, 0.25) is 0 Å². The molecule has 1 heterocycles. The molecule has 0 radical (unpaired) electrons. The van der Waals surface area contributed by atoms with E-state index < -0.39 is 0 Å². The Kier molecular flexibility index (Phi) is 2.27. The van der Waals surface area contributed by atoms with E-state index in [1.807, 2.05) is 6.92 Å². The van der Waals surface area contributed by atoms with Crippen LogP contribution in [0.3, 0.4) is 0 Å². The number of ether oxygens (including phenoxy) is 2. The Balaban J connectivity index is 2.46. The van der Waals surface area contributed by atoms with Gasteiger partial charge in [0.25, 0.3) is 0 Å². The molecular weight excluding hydrogens is 132 g/mol. The first kappa shape index (κ1) is 7.54. The summed E-state index contributed by atoms with van der Waals surface area (Å²) >= 11 is 0. The normalized spacial score (nSPS) is 32.2. The standard InChI is InChI=1S/C7H12O3/c1-5-6(3-4-10-5)7(8)9-2/h5-6H,3-4H2,1-2H3/t5-,6-/m1/s1. The van der Waals surface area contributed by atoms with Crippen LogP contribution >= 0.6 is 0 Å². The third-order valence-electron chi connectivity index (χ3n) is 1.88. The fourth-order valence-electron chi connectivity index (χ4n) is 1.19. The third kappa shape index (κ3) is 1.29. The molecule has 58 valence electrons. The van der Waals surface area contributed by atoms with Crippen molar-refractivity contribution in [1.29, 1.82) is 0 Å². The molecule has 3 heteroatoms. The predicted octanol–water partition coefficient (Wildman–Crippen LogP) is 0.584. The van der Waals surface area contributed by atoms with Gasteiger partial charge in [0.05, 0.1) is 19.1 Å². The summed E-state index contributed by atoms with van der Waals surface area (Å²) in [5.41, 5.74) is 0. The van der Waals surface area contributed by atoms with E-state index in [0.29, 0.717) is 6.61 Å². The molecule has 0 aromatic carbocycles. The molecule has 0 saturated carbocycles. The van der Waals surface area contributed by atoms with Gasteiger partial charge in [0.15, 0.2) is 0 Å². The van der Waals surface area contributed by atoms with Crippen LogP contribution in [0.25, 0.3) is 0 Å². The van der Waals surface area contributed by atoms with Crippen molar-refractivity contribution >= 4 is 5.97 Å². The van der Waals surface area contributed by atoms with Crippen LogP contribution in [0.5, 0.6) is 0 Å². The molecule has 0 aliphatic carbocycles. The molecule has 3 nitrogen and oxygen atoms in total. The number of rotatable bonds is 1. The van der Waals surface area contributed by atoms with Gasteiger partial charge in [0.1, 0.15) is 0 Å². The molecule has 0 amide bonds. The highest BCUT2D eigenvalue weighted by molar-refractivity contribution is 5.73. The van der Waals surface area contributed by atoms with E-state index in [0.717, 1.165) is 6.42 Å². The number of carbonyl (C=O) groups excluding carboxylic acids is 1. The summed E-state index contributed by atoms with van der Waals surface area (Å²) < 4.78 is 9.77. The fourth-order valence-corrected chi connectivity index (χ4v) is 1.19. The van der Waals surface area contributed by atoms with Crippen LogP contribution < -0.4 is 0 Å². The molecule has 2 atom stereocenters. The summed E-state index contributed by atoms with van der Waals surface area (Å²) in [6, 6.07) is 0. The second-order valence-electron chi connectivity index (χ2n) is 2.49. The molecule has 0 bridgehead atoms. The van der Waals surface area contributed by atoms with Gasteiger partial charge in [0, 0.05) is 6.61 Å². The fraction of sp³-hybridized carbons (Fsp3) is 0.857. The van der Waals surface area contributed by atoms with E-state index in [4.69, 9.17) is 4.74 Å². The molecule has 1 saturated heterocycles. The zero-order valence-corrected chi connectivity index (χ0v) is 6.29. The van der Waals surface area contributed by atoms with E-state index in [9.17, 15) is 4.79 Å². The maximum Gasteiger partial charge on any atom is 0.311 e. The first-order chi connectivity index (χ1) is 4.75. The average Bonchev–Trinajstić information content (AvgIpc) is 2.34. The summed E-state index contributed by atoms with van der Waals surface area (Å²) in [7, 11) is 1.41. The van der Waals surface area contributed by atoms with Gasteiger partial charge in [-0.2, -0.15) is 0 Å². The molecule has 10 heavy (non-hydrogen) atoms. The van der Waals surface area contributed by atoms with E-state index in [1.54, 1.807) is 0 Å². The van der Waals surface area contributed by atoms with Crippen molar-refractivity contribution in [3.05, 3.63) is 0 Å². The Bertz CT molecular complexity index is 133. The lowest BCUT2D eigenvalue weighted by Crippen LogP contribution is -2.22. The highest BCUT2D eigenvalue weighted by Gasteiger charge is 2.31. The molecule has 1 aliphatic rings. The van der Waals surface area contributed by atoms with Gasteiger partial charge in [-0.15, -0.1) is 0 Å². The first-order valence-corrected chi connectivity index (χ1v) is 3.45. The summed E-state index contributed by atoms with van der Waals surface area (Å²) in [4.78, 5) is 10.9. The van der Waals surface area contributed by atoms with E-state index in [-0.39, 0.29) is 18.0 Å². The van der Waals surface area contributed by atoms with Crippen molar-refractivity contribution in [3.63, 3.8) is 0 Å². The van der Waals surface area contributed by atoms with Gasteiger partial charge in [0.2, 0.25) is 0 Å². The summed E-state index contributed by atoms with van der Waals surface area (Å²) in [5.74, 6) is -0.185. The molecule has 0 spiro atoms. The molecule has 0 N–H and O–H groups in total. The minimum Gasteiger partial charge on any atom is -0.469 e. The monoisotopic (exact) mass is 144 g/mol. The lowest BCUT2D eigenvalue weighted by Gasteiger charge is -2.09. The van der Waals surface area contributed by atoms with Gasteiger partial charge in [-0.25, -0.2) is 0 Å². The van der Waals surface area contributed by atoms with Crippen LogP contribution in [-0.2, 0) is 14.3 Å². The molecule has 1 rings (SSSR count). The van der Waals surface area contributed by atoms with E-state index in [1.165, 1.54) is 7.11 Å². The Morgan fingerprint density at radius 3 is 2.80 bits per heavy atom. The number of carbonyl (C=O) groups is 1. The zero-order chi connectivity index (χ0) is 7.56. The second kappa shape index (κ2) is 3.01. The van der Waals surface area contributed by atoms with Crippen molar-refractivity contribution in [2.75, 3.05) is 13.7 Å². The number of hydrogen-bond acceptors (Lipinski definition) is 3. The maximum atomic E-state index is 10.9. The highest BCUT2D eigenvalue weighted by Crippen LogP contribution is 2.20. The Labute approximate surface area is 60.3 Å². The first-order valence-electron chi connectivity index (χ1n) is 3.45. The lowest BCUT2D eigenvalue weighted by atomic mass is 10.0. The van der Waals surface area contributed by atoms with Crippen LogP contribution in [0.4, 0.5) is 0 Å². The molecule has 0 unspecified atom stereocenters. The zero-order valence-electron chi connectivity index (χ0n) is 6.29. The second-order valence-corrected chi connectivity index (χ2v) is 2.49. The van der Waals surface area contributed by atoms with Gasteiger partial charge in [-0.1, -0.05) is 0 Å². The predicted molar refractivity (Wildman–Crippen MR) is 35.5 cm³/mol. The molecule has 1 aliphatic heterocycles. The maximum absolute atomic E-state index is 10.9. The molecule has 1 fully saturated rings. The smallest absolute Gasteiger partial charge is 0.311 e. The number of esters is 1. The number of hydrogen-bond donors (Lipinski definition) is 0. The van der Waals surface area contributed by atoms with Crippen molar-refractivity contribution in [2.24, 2.45) is 5.92 Å². The van der Waals surface area contributed by atoms with E-state index in [2.05, 4.69) is 4.74 Å². The SMILES string of the molecule is COC(=O)[C@@H]1CCO[C@@H]1C. The highest BCUT2D eigenvalue weighted by atomic mass is 16.5. The Hall–Kier alpha value is -0.570. The van der Waals surface area contributed by atoms with Crippen LogP contribution in [0.15, 0.2) is 0 Å². The largest absolute Gasteiger partial charge is 0.469 e. The number of methoxy groups -OCH3 is 1. The van der Waals surface area contributed by atoms with Crippen LogP contribution in [0, 0.1) is 5.92 Å². The van der Waals surface area contributed by atoms with Gasteiger partial charge in [-0.3, -0.25) is 4.79 Å². The third-order valence-corrected chi connectivity index (χ3v) is 1.88. The minimum absolute atomic E-state index is 0.0347. The minimum atomic E-state index is -0.148. The van der Waals surface area contributed by atoms with Crippen LogP contribution in [-0.4, -0.2) is 25.8 Å². The van der Waals surface area contributed by atoms with Gasteiger partial charge >= 0.3 is 5.97 Å². The van der Waals surface area contributed by atoms with Crippen molar-refractivity contribution in [3.8, 4) is 0 Å². The molecule has 0 aromatic heterocycles. The Morgan fingerprint density at radius 1 is 1.70 bits per heavy atom. The van der Waals surface area contributed by atoms with Crippen molar-refractivity contribution in [2.45, 2.75) is 19.4 Å². The van der Waals surface area contributed by atoms with Gasteiger partial charge < -0.3 is 9.47 Å². The lowest BCUT2D eigenvalue weighted by molar-refractivity contribution is -0.146. The quantitative estimate of drug-likeness (QED) is 0.505. The van der Waals surface area contributed by atoms with Crippen molar-refractivity contribution in [1.82, 2.24) is 0 Å². The topological polar surface area (TPSA) is 35.5 Å². The average molecular weight is 144 g/mol.